The monoisotopic (exact) mass is 472 g/mol. The SMILES string of the molecule is CCc1c(C(=O)Nc2ccc3c(c2)C(=O)N(C2CCC(=O)NC2=O)C3=O)[nH]c2c(C)cc(C)cc12. The third kappa shape index (κ3) is 3.60. The number of fused-ring (bicyclic) bond motifs is 2. The predicted molar refractivity (Wildman–Crippen MR) is 128 cm³/mol. The standard InChI is InChI=1S/C26H24N4O5/c1-4-15-17-10-12(2)9-13(3)21(17)29-22(15)24(33)27-14-5-6-16-18(11-14)26(35)30(25(16)34)19-7-8-20(31)28-23(19)32/h5-6,9-11,19,29H,4,7-8H2,1-3H3,(H,27,33)(H,28,31,32). The Morgan fingerprint density at radius 2 is 1.80 bits per heavy atom. The van der Waals surface area contributed by atoms with Gasteiger partial charge in [-0.2, -0.15) is 0 Å². The van der Waals surface area contributed by atoms with Gasteiger partial charge in [0, 0.05) is 23.0 Å². The lowest BCUT2D eigenvalue weighted by Gasteiger charge is -2.27. The Morgan fingerprint density at radius 1 is 1.06 bits per heavy atom. The average Bonchev–Trinajstić information content (AvgIpc) is 3.29. The maximum atomic E-state index is 13.2. The molecule has 9 heteroatoms. The van der Waals surface area contributed by atoms with E-state index in [0.717, 1.165) is 32.5 Å². The van der Waals surface area contributed by atoms with E-state index in [4.69, 9.17) is 0 Å². The lowest BCUT2D eigenvalue weighted by Crippen LogP contribution is -2.54. The van der Waals surface area contributed by atoms with Gasteiger partial charge in [-0.15, -0.1) is 0 Å². The second-order valence-corrected chi connectivity index (χ2v) is 9.00. The molecular formula is C26H24N4O5. The van der Waals surface area contributed by atoms with Gasteiger partial charge in [-0.25, -0.2) is 0 Å². The van der Waals surface area contributed by atoms with Crippen LogP contribution in [-0.2, 0) is 16.0 Å². The van der Waals surface area contributed by atoms with E-state index in [2.05, 4.69) is 27.8 Å². The van der Waals surface area contributed by atoms with E-state index in [0.29, 0.717) is 17.8 Å². The van der Waals surface area contributed by atoms with Crippen LogP contribution in [-0.4, -0.2) is 45.5 Å². The highest BCUT2D eigenvalue weighted by Gasteiger charge is 2.44. The van der Waals surface area contributed by atoms with Crippen molar-refractivity contribution >= 4 is 46.1 Å². The van der Waals surface area contributed by atoms with Crippen LogP contribution in [0.4, 0.5) is 5.69 Å². The number of carbonyl (C=O) groups is 5. The first-order chi connectivity index (χ1) is 16.7. The maximum Gasteiger partial charge on any atom is 0.272 e. The van der Waals surface area contributed by atoms with Gasteiger partial charge in [-0.05, 0) is 62.1 Å². The van der Waals surface area contributed by atoms with Gasteiger partial charge >= 0.3 is 0 Å². The zero-order valence-corrected chi connectivity index (χ0v) is 19.6. The molecule has 0 aliphatic carbocycles. The normalized spacial score (nSPS) is 17.7. The summed E-state index contributed by atoms with van der Waals surface area (Å²) in [5.74, 6) is -2.66. The molecule has 2 aliphatic rings. The lowest BCUT2D eigenvalue weighted by molar-refractivity contribution is -0.136. The van der Waals surface area contributed by atoms with E-state index < -0.39 is 29.7 Å². The quantitative estimate of drug-likeness (QED) is 0.503. The topological polar surface area (TPSA) is 128 Å². The summed E-state index contributed by atoms with van der Waals surface area (Å²) in [4.78, 5) is 67.0. The Hall–Kier alpha value is -4.27. The van der Waals surface area contributed by atoms with Crippen molar-refractivity contribution in [1.29, 1.82) is 0 Å². The van der Waals surface area contributed by atoms with Gasteiger partial charge in [0.1, 0.15) is 11.7 Å². The maximum absolute atomic E-state index is 13.2. The molecule has 3 aromatic rings. The smallest absolute Gasteiger partial charge is 0.272 e. The molecule has 0 radical (unpaired) electrons. The largest absolute Gasteiger partial charge is 0.350 e. The van der Waals surface area contributed by atoms with Crippen molar-refractivity contribution < 1.29 is 24.0 Å². The number of anilines is 1. The van der Waals surface area contributed by atoms with Gasteiger partial charge in [0.05, 0.1) is 11.1 Å². The van der Waals surface area contributed by atoms with Gasteiger partial charge in [0.25, 0.3) is 17.7 Å². The second kappa shape index (κ2) is 8.19. The highest BCUT2D eigenvalue weighted by Crippen LogP contribution is 2.31. The fraction of sp³-hybridized carbons (Fsp3) is 0.269. The zero-order chi connectivity index (χ0) is 25.0. The van der Waals surface area contributed by atoms with Crippen LogP contribution in [0, 0.1) is 13.8 Å². The molecule has 1 unspecified atom stereocenters. The fourth-order valence-corrected chi connectivity index (χ4v) is 5.01. The number of aryl methyl sites for hydroxylation is 3. The van der Waals surface area contributed by atoms with E-state index >= 15 is 0 Å². The first-order valence-corrected chi connectivity index (χ1v) is 11.5. The molecule has 5 rings (SSSR count). The molecule has 0 bridgehead atoms. The minimum atomic E-state index is -1.04. The Bertz CT molecular complexity index is 1470. The van der Waals surface area contributed by atoms with Crippen molar-refractivity contribution in [3.05, 3.63) is 63.8 Å². The number of aromatic nitrogens is 1. The third-order valence-electron chi connectivity index (χ3n) is 6.64. The first kappa shape index (κ1) is 22.5. The number of benzene rings is 2. The van der Waals surface area contributed by atoms with Crippen LogP contribution in [0.25, 0.3) is 10.9 Å². The van der Waals surface area contributed by atoms with Gasteiger partial charge in [0.2, 0.25) is 11.8 Å². The van der Waals surface area contributed by atoms with Gasteiger partial charge in [-0.3, -0.25) is 34.2 Å². The van der Waals surface area contributed by atoms with E-state index in [1.165, 1.54) is 12.1 Å². The molecule has 178 valence electrons. The molecular weight excluding hydrogens is 448 g/mol. The number of H-pyrrole nitrogens is 1. The Kier molecular flexibility index (Phi) is 5.27. The molecule has 1 saturated heterocycles. The van der Waals surface area contributed by atoms with Crippen molar-refractivity contribution in [3.8, 4) is 0 Å². The minimum absolute atomic E-state index is 0.0500. The molecule has 2 aromatic carbocycles. The second-order valence-electron chi connectivity index (χ2n) is 9.00. The molecule has 1 fully saturated rings. The number of imide groups is 2. The Morgan fingerprint density at radius 3 is 2.51 bits per heavy atom. The molecule has 35 heavy (non-hydrogen) atoms. The molecule has 1 atom stereocenters. The number of amides is 5. The summed E-state index contributed by atoms with van der Waals surface area (Å²) in [5, 5.41) is 6.00. The molecule has 5 amide bonds. The van der Waals surface area contributed by atoms with E-state index in [-0.39, 0.29) is 29.9 Å². The third-order valence-corrected chi connectivity index (χ3v) is 6.64. The number of piperidine rings is 1. The number of rotatable bonds is 4. The summed E-state index contributed by atoms with van der Waals surface area (Å²) in [6.45, 7) is 5.99. The van der Waals surface area contributed by atoms with Crippen molar-refractivity contribution in [2.45, 2.75) is 46.1 Å². The molecule has 1 aromatic heterocycles. The number of nitrogens with one attached hydrogen (secondary N) is 3. The highest BCUT2D eigenvalue weighted by molar-refractivity contribution is 6.24. The van der Waals surface area contributed by atoms with Gasteiger partial charge in [-0.1, -0.05) is 18.6 Å². The summed E-state index contributed by atoms with van der Waals surface area (Å²) in [6, 6.07) is 7.54. The number of hydrogen-bond acceptors (Lipinski definition) is 5. The molecule has 9 nitrogen and oxygen atoms in total. The van der Waals surface area contributed by atoms with Crippen molar-refractivity contribution in [3.63, 3.8) is 0 Å². The van der Waals surface area contributed by atoms with Crippen molar-refractivity contribution in [2.75, 3.05) is 5.32 Å². The molecule has 0 spiro atoms. The fourth-order valence-electron chi connectivity index (χ4n) is 5.01. The van der Waals surface area contributed by atoms with E-state index in [1.54, 1.807) is 6.07 Å². The zero-order valence-electron chi connectivity index (χ0n) is 19.6. The van der Waals surface area contributed by atoms with Crippen LogP contribution in [0.2, 0.25) is 0 Å². The first-order valence-electron chi connectivity index (χ1n) is 11.5. The molecule has 3 N–H and O–H groups in total. The lowest BCUT2D eigenvalue weighted by atomic mass is 10.0. The molecule has 0 saturated carbocycles. The number of carbonyl (C=O) groups excluding carboxylic acids is 5. The van der Waals surface area contributed by atoms with Crippen LogP contribution in [0.5, 0.6) is 0 Å². The molecule has 2 aliphatic heterocycles. The summed E-state index contributed by atoms with van der Waals surface area (Å²) >= 11 is 0. The van der Waals surface area contributed by atoms with Crippen LogP contribution in [0.15, 0.2) is 30.3 Å². The summed E-state index contributed by atoms with van der Waals surface area (Å²) < 4.78 is 0. The number of aromatic amines is 1. The van der Waals surface area contributed by atoms with Crippen LogP contribution < -0.4 is 10.6 Å². The van der Waals surface area contributed by atoms with Crippen molar-refractivity contribution in [2.24, 2.45) is 0 Å². The minimum Gasteiger partial charge on any atom is -0.350 e. The molecule has 3 heterocycles. The van der Waals surface area contributed by atoms with Crippen LogP contribution in [0.3, 0.4) is 0 Å². The van der Waals surface area contributed by atoms with Crippen LogP contribution in [0.1, 0.15) is 67.7 Å². The highest BCUT2D eigenvalue weighted by atomic mass is 16.2. The van der Waals surface area contributed by atoms with Gasteiger partial charge in [0.15, 0.2) is 0 Å². The van der Waals surface area contributed by atoms with Crippen molar-refractivity contribution in [1.82, 2.24) is 15.2 Å². The predicted octanol–water partition coefficient (Wildman–Crippen LogP) is 3.00. The number of hydrogen-bond donors (Lipinski definition) is 3. The average molecular weight is 473 g/mol. The number of nitrogens with zero attached hydrogens (tertiary/aromatic N) is 1. The Labute approximate surface area is 200 Å². The van der Waals surface area contributed by atoms with E-state index in [1.807, 2.05) is 20.8 Å². The summed E-state index contributed by atoms with van der Waals surface area (Å²) in [5.41, 5.74) is 5.04. The van der Waals surface area contributed by atoms with Crippen LogP contribution >= 0.6 is 0 Å². The van der Waals surface area contributed by atoms with Gasteiger partial charge < -0.3 is 10.3 Å². The Balaban J connectivity index is 1.43. The van der Waals surface area contributed by atoms with E-state index in [9.17, 15) is 24.0 Å². The summed E-state index contributed by atoms with van der Waals surface area (Å²) in [6.07, 6.45) is 0.789. The summed E-state index contributed by atoms with van der Waals surface area (Å²) in [7, 11) is 0.